The van der Waals surface area contributed by atoms with Crippen molar-refractivity contribution >= 4 is 0 Å². The first-order valence-electron chi connectivity index (χ1n) is 6.20. The van der Waals surface area contributed by atoms with E-state index in [1.807, 2.05) is 18.5 Å². The van der Waals surface area contributed by atoms with E-state index in [4.69, 9.17) is 4.74 Å². The molecule has 2 nitrogen and oxygen atoms in total. The van der Waals surface area contributed by atoms with Gasteiger partial charge in [0.2, 0.25) is 0 Å². The maximum atomic E-state index is 5.86. The molecule has 0 bridgehead atoms. The first-order chi connectivity index (χ1) is 8.93. The molecule has 2 heterocycles. The Labute approximate surface area is 106 Å². The van der Waals surface area contributed by atoms with Crippen LogP contribution >= 0.6 is 0 Å². The van der Waals surface area contributed by atoms with Crippen LogP contribution in [-0.4, -0.2) is 6.04 Å². The normalized spacial score (nSPS) is 30.7. The van der Waals surface area contributed by atoms with E-state index < -0.39 is 0 Å². The van der Waals surface area contributed by atoms with Gasteiger partial charge >= 0.3 is 0 Å². The van der Waals surface area contributed by atoms with Crippen LogP contribution < -0.4 is 5.32 Å². The number of rotatable bonds is 0. The van der Waals surface area contributed by atoms with Crippen LogP contribution in [0.3, 0.4) is 0 Å². The Kier molecular flexibility index (Phi) is 1.97. The fraction of sp³-hybridized carbons (Fsp3) is 0.125. The number of fused-ring (bicyclic) bond motifs is 4. The molecule has 18 heavy (non-hydrogen) atoms. The van der Waals surface area contributed by atoms with Gasteiger partial charge in [-0.1, -0.05) is 42.5 Å². The maximum absolute atomic E-state index is 5.86. The number of ether oxygens (including phenoxy) is 1. The van der Waals surface area contributed by atoms with Crippen LogP contribution in [0.25, 0.3) is 0 Å². The average Bonchev–Trinajstić information content (AvgIpc) is 2.46. The van der Waals surface area contributed by atoms with Gasteiger partial charge in [0.15, 0.2) is 0 Å². The summed E-state index contributed by atoms with van der Waals surface area (Å²) >= 11 is 0. The predicted octanol–water partition coefficient (Wildman–Crippen LogP) is 2.88. The van der Waals surface area contributed by atoms with Gasteiger partial charge in [-0.05, 0) is 17.8 Å². The van der Waals surface area contributed by atoms with Crippen LogP contribution in [0.2, 0.25) is 0 Å². The average molecular weight is 235 g/mol. The largest absolute Gasteiger partial charge is 0.464 e. The Bertz CT molecular complexity index is 611. The molecule has 0 aromatic carbocycles. The van der Waals surface area contributed by atoms with Crippen molar-refractivity contribution in [2.75, 3.05) is 0 Å². The second-order valence-electron chi connectivity index (χ2n) is 4.73. The fourth-order valence-electron chi connectivity index (χ4n) is 2.78. The molecule has 2 heteroatoms. The maximum Gasteiger partial charge on any atom is 0.136 e. The molecule has 4 aliphatic rings. The predicted molar refractivity (Wildman–Crippen MR) is 71.3 cm³/mol. The molecule has 0 amide bonds. The third kappa shape index (κ3) is 1.29. The van der Waals surface area contributed by atoms with Gasteiger partial charge in [0, 0.05) is 17.1 Å². The summed E-state index contributed by atoms with van der Waals surface area (Å²) in [5.74, 6) is 1.34. The molecular formula is C16H13NO. The molecule has 2 unspecified atom stereocenters. The van der Waals surface area contributed by atoms with E-state index in [-0.39, 0.29) is 6.04 Å². The number of hydrogen-bond acceptors (Lipinski definition) is 2. The molecule has 0 radical (unpaired) electrons. The molecular weight excluding hydrogens is 222 g/mol. The van der Waals surface area contributed by atoms with Gasteiger partial charge in [-0.15, -0.1) is 0 Å². The van der Waals surface area contributed by atoms with E-state index in [9.17, 15) is 0 Å². The zero-order chi connectivity index (χ0) is 11.9. The third-order valence-corrected chi connectivity index (χ3v) is 3.69. The van der Waals surface area contributed by atoms with Gasteiger partial charge in [-0.25, -0.2) is 0 Å². The standard InChI is InChI=1S/C16H13NO/c1-2-5-12-11(4-1)10-18-16-13(12)7-8-15-14(16)6-3-9-17-15/h1-10,12,15,17H. The summed E-state index contributed by atoms with van der Waals surface area (Å²) in [4.78, 5) is 0. The number of dihydropyridines is 1. The molecule has 4 rings (SSSR count). The van der Waals surface area contributed by atoms with Crippen molar-refractivity contribution in [1.29, 1.82) is 0 Å². The van der Waals surface area contributed by atoms with Crippen molar-refractivity contribution in [3.05, 3.63) is 83.5 Å². The van der Waals surface area contributed by atoms with Crippen molar-refractivity contribution in [2.45, 2.75) is 6.04 Å². The number of hydrogen-bond donors (Lipinski definition) is 1. The van der Waals surface area contributed by atoms with Gasteiger partial charge in [0.05, 0.1) is 12.3 Å². The lowest BCUT2D eigenvalue weighted by Crippen LogP contribution is -2.31. The highest BCUT2D eigenvalue weighted by Crippen LogP contribution is 2.40. The minimum absolute atomic E-state index is 0.242. The summed E-state index contributed by atoms with van der Waals surface area (Å²) in [5, 5.41) is 3.32. The van der Waals surface area contributed by atoms with Crippen molar-refractivity contribution < 1.29 is 4.74 Å². The van der Waals surface area contributed by atoms with Crippen molar-refractivity contribution in [2.24, 2.45) is 5.92 Å². The molecule has 1 N–H and O–H groups in total. The minimum atomic E-state index is 0.242. The van der Waals surface area contributed by atoms with Crippen LogP contribution in [0, 0.1) is 5.92 Å². The van der Waals surface area contributed by atoms with Gasteiger partial charge in [-0.2, -0.15) is 0 Å². The van der Waals surface area contributed by atoms with Crippen LogP contribution in [0.5, 0.6) is 0 Å². The smallest absolute Gasteiger partial charge is 0.136 e. The van der Waals surface area contributed by atoms with Crippen LogP contribution in [0.4, 0.5) is 0 Å². The Hall–Kier alpha value is -2.22. The number of allylic oxidation sites excluding steroid dienone is 9. The van der Waals surface area contributed by atoms with Crippen molar-refractivity contribution in [3.8, 4) is 0 Å². The number of nitrogens with one attached hydrogen (secondary N) is 1. The molecule has 2 aliphatic carbocycles. The Morgan fingerprint density at radius 2 is 2.06 bits per heavy atom. The third-order valence-electron chi connectivity index (χ3n) is 3.69. The van der Waals surface area contributed by atoms with Gasteiger partial charge in [0.25, 0.3) is 0 Å². The molecule has 0 saturated carbocycles. The fourth-order valence-corrected chi connectivity index (χ4v) is 2.78. The SMILES string of the molecule is C1=CNC2C=CC3=C(OC=C4C=CC=CC43)C2=C1. The molecule has 0 aromatic rings. The van der Waals surface area contributed by atoms with E-state index in [2.05, 4.69) is 47.8 Å². The molecule has 2 atom stereocenters. The van der Waals surface area contributed by atoms with Crippen LogP contribution in [0.15, 0.2) is 83.5 Å². The van der Waals surface area contributed by atoms with E-state index in [0.29, 0.717) is 5.92 Å². The second kappa shape index (κ2) is 3.64. The Balaban J connectivity index is 1.83. The van der Waals surface area contributed by atoms with Gasteiger partial charge in [0.1, 0.15) is 5.76 Å². The van der Waals surface area contributed by atoms with Gasteiger partial charge in [-0.3, -0.25) is 0 Å². The molecule has 0 aromatic heterocycles. The zero-order valence-corrected chi connectivity index (χ0v) is 9.84. The first kappa shape index (κ1) is 9.77. The molecule has 0 saturated heterocycles. The monoisotopic (exact) mass is 235 g/mol. The molecule has 88 valence electrons. The quantitative estimate of drug-likeness (QED) is 0.697. The van der Waals surface area contributed by atoms with Crippen molar-refractivity contribution in [1.82, 2.24) is 5.32 Å². The highest BCUT2D eigenvalue weighted by molar-refractivity contribution is 5.56. The summed E-state index contributed by atoms with van der Waals surface area (Å²) in [7, 11) is 0. The lowest BCUT2D eigenvalue weighted by molar-refractivity contribution is 0.330. The van der Waals surface area contributed by atoms with Crippen molar-refractivity contribution in [3.63, 3.8) is 0 Å². The lowest BCUT2D eigenvalue weighted by atomic mass is 9.81. The highest BCUT2D eigenvalue weighted by atomic mass is 16.5. The first-order valence-corrected chi connectivity index (χ1v) is 6.20. The summed E-state index contributed by atoms with van der Waals surface area (Å²) in [6.07, 6.45) is 20.9. The van der Waals surface area contributed by atoms with E-state index in [1.165, 1.54) is 16.7 Å². The Morgan fingerprint density at radius 1 is 1.06 bits per heavy atom. The molecule has 0 fully saturated rings. The van der Waals surface area contributed by atoms with E-state index in [0.717, 1.165) is 5.76 Å². The van der Waals surface area contributed by atoms with E-state index in [1.54, 1.807) is 0 Å². The second-order valence-corrected chi connectivity index (χ2v) is 4.73. The summed E-state index contributed by atoms with van der Waals surface area (Å²) < 4.78 is 5.86. The van der Waals surface area contributed by atoms with Gasteiger partial charge < -0.3 is 10.1 Å². The summed E-state index contributed by atoms with van der Waals surface area (Å²) in [6, 6.07) is 0.242. The Morgan fingerprint density at radius 3 is 3.06 bits per heavy atom. The minimum Gasteiger partial charge on any atom is -0.464 e. The lowest BCUT2D eigenvalue weighted by Gasteiger charge is -2.33. The van der Waals surface area contributed by atoms with Crippen LogP contribution in [0.1, 0.15) is 0 Å². The summed E-state index contributed by atoms with van der Waals surface area (Å²) in [5.41, 5.74) is 3.69. The zero-order valence-electron chi connectivity index (χ0n) is 9.84. The highest BCUT2D eigenvalue weighted by Gasteiger charge is 2.31. The summed E-state index contributed by atoms with van der Waals surface area (Å²) in [6.45, 7) is 0. The van der Waals surface area contributed by atoms with E-state index >= 15 is 0 Å². The molecule has 0 spiro atoms. The topological polar surface area (TPSA) is 21.3 Å². The molecule has 2 aliphatic heterocycles. The van der Waals surface area contributed by atoms with Crippen LogP contribution in [-0.2, 0) is 4.74 Å².